The summed E-state index contributed by atoms with van der Waals surface area (Å²) in [5.74, 6) is -0.995. The van der Waals surface area contributed by atoms with Crippen molar-refractivity contribution in [2.45, 2.75) is 115 Å². The summed E-state index contributed by atoms with van der Waals surface area (Å²) < 4.78 is 0. The van der Waals surface area contributed by atoms with Crippen LogP contribution in [0.1, 0.15) is 110 Å². The minimum atomic E-state index is -0.929. The van der Waals surface area contributed by atoms with Gasteiger partial charge in [0, 0.05) is 6.42 Å². The summed E-state index contributed by atoms with van der Waals surface area (Å²) in [6.45, 7) is 2.24. The fourth-order valence-corrected chi connectivity index (χ4v) is 3.20. The molecular formula is C22H39NO3. The summed E-state index contributed by atoms with van der Waals surface area (Å²) in [6.07, 6.45) is 22.3. The number of amides is 1. The van der Waals surface area contributed by atoms with Crippen LogP contribution in [0.25, 0.3) is 0 Å². The van der Waals surface area contributed by atoms with Crippen molar-refractivity contribution in [3.05, 3.63) is 12.2 Å². The first-order valence-electron chi connectivity index (χ1n) is 10.8. The molecule has 0 radical (unpaired) electrons. The quantitative estimate of drug-likeness (QED) is 0.254. The van der Waals surface area contributed by atoms with Gasteiger partial charge in [0.25, 0.3) is 0 Å². The molecule has 0 saturated heterocycles. The van der Waals surface area contributed by atoms with Gasteiger partial charge in [0.1, 0.15) is 5.54 Å². The molecule has 1 aliphatic carbocycles. The highest BCUT2D eigenvalue weighted by atomic mass is 16.4. The highest BCUT2D eigenvalue weighted by Gasteiger charge is 2.51. The number of rotatable bonds is 17. The van der Waals surface area contributed by atoms with E-state index < -0.39 is 11.5 Å². The number of carbonyl (C=O) groups excluding carboxylic acids is 1. The van der Waals surface area contributed by atoms with Crippen molar-refractivity contribution in [1.29, 1.82) is 0 Å². The molecule has 0 spiro atoms. The van der Waals surface area contributed by atoms with Gasteiger partial charge >= 0.3 is 5.97 Å². The largest absolute Gasteiger partial charge is 0.480 e. The Hall–Kier alpha value is -1.32. The van der Waals surface area contributed by atoms with Gasteiger partial charge in [-0.05, 0) is 44.9 Å². The molecule has 0 heterocycles. The van der Waals surface area contributed by atoms with E-state index in [1.807, 2.05) is 0 Å². The fraction of sp³-hybridized carbons (Fsp3) is 0.818. The minimum Gasteiger partial charge on any atom is -0.480 e. The average Bonchev–Trinajstić information content (AvgIpc) is 3.39. The van der Waals surface area contributed by atoms with Crippen LogP contribution >= 0.6 is 0 Å². The number of hydrogen-bond acceptors (Lipinski definition) is 2. The molecule has 2 N–H and O–H groups in total. The number of carboxylic acids is 1. The Bertz CT molecular complexity index is 427. The van der Waals surface area contributed by atoms with Crippen LogP contribution in [-0.2, 0) is 9.59 Å². The molecule has 4 nitrogen and oxygen atoms in total. The maximum Gasteiger partial charge on any atom is 0.329 e. The van der Waals surface area contributed by atoms with E-state index in [2.05, 4.69) is 24.4 Å². The third kappa shape index (κ3) is 10.6. The highest BCUT2D eigenvalue weighted by molar-refractivity contribution is 5.89. The van der Waals surface area contributed by atoms with Crippen LogP contribution in [0, 0.1) is 0 Å². The predicted octanol–water partition coefficient (Wildman–Crippen LogP) is 5.76. The molecule has 0 bridgehead atoms. The Labute approximate surface area is 159 Å². The van der Waals surface area contributed by atoms with Gasteiger partial charge in [-0.2, -0.15) is 0 Å². The Morgan fingerprint density at radius 3 is 1.85 bits per heavy atom. The van der Waals surface area contributed by atoms with Gasteiger partial charge in [-0.15, -0.1) is 0 Å². The zero-order valence-corrected chi connectivity index (χ0v) is 16.7. The smallest absolute Gasteiger partial charge is 0.329 e. The lowest BCUT2D eigenvalue weighted by Crippen LogP contribution is -2.42. The van der Waals surface area contributed by atoms with E-state index in [4.69, 9.17) is 5.11 Å². The van der Waals surface area contributed by atoms with Crippen molar-refractivity contribution in [1.82, 2.24) is 5.32 Å². The van der Waals surface area contributed by atoms with Gasteiger partial charge in [-0.25, -0.2) is 4.79 Å². The molecule has 0 aromatic carbocycles. The van der Waals surface area contributed by atoms with Crippen LogP contribution in [0.4, 0.5) is 0 Å². The van der Waals surface area contributed by atoms with Gasteiger partial charge in [0.15, 0.2) is 0 Å². The first-order valence-corrected chi connectivity index (χ1v) is 10.8. The number of carboxylic acid groups (broad SMARTS) is 1. The van der Waals surface area contributed by atoms with Gasteiger partial charge in [-0.3, -0.25) is 4.79 Å². The van der Waals surface area contributed by atoms with Crippen LogP contribution in [0.15, 0.2) is 12.2 Å². The van der Waals surface area contributed by atoms with Crippen LogP contribution in [0.5, 0.6) is 0 Å². The number of nitrogens with one attached hydrogen (secondary N) is 1. The van der Waals surface area contributed by atoms with Crippen molar-refractivity contribution in [2.75, 3.05) is 0 Å². The first-order chi connectivity index (χ1) is 12.6. The van der Waals surface area contributed by atoms with Gasteiger partial charge in [0.2, 0.25) is 5.91 Å². The van der Waals surface area contributed by atoms with Crippen LogP contribution in [-0.4, -0.2) is 22.5 Å². The molecule has 26 heavy (non-hydrogen) atoms. The van der Waals surface area contributed by atoms with Crippen LogP contribution in [0.2, 0.25) is 0 Å². The van der Waals surface area contributed by atoms with Crippen molar-refractivity contribution in [3.8, 4) is 0 Å². The summed E-state index contributed by atoms with van der Waals surface area (Å²) in [7, 11) is 0. The van der Waals surface area contributed by atoms with Gasteiger partial charge in [0.05, 0.1) is 0 Å². The zero-order chi connectivity index (χ0) is 19.1. The molecule has 1 amide bonds. The molecule has 0 unspecified atom stereocenters. The van der Waals surface area contributed by atoms with E-state index in [1.165, 1.54) is 70.6 Å². The number of carbonyl (C=O) groups is 2. The summed E-state index contributed by atoms with van der Waals surface area (Å²) in [5.41, 5.74) is -0.929. The maximum absolute atomic E-state index is 11.8. The van der Waals surface area contributed by atoms with Gasteiger partial charge in [-0.1, -0.05) is 70.4 Å². The summed E-state index contributed by atoms with van der Waals surface area (Å²) in [4.78, 5) is 22.8. The van der Waals surface area contributed by atoms with Gasteiger partial charge < -0.3 is 10.4 Å². The van der Waals surface area contributed by atoms with E-state index in [0.717, 1.165) is 12.8 Å². The lowest BCUT2D eigenvalue weighted by molar-refractivity contribution is -0.143. The van der Waals surface area contributed by atoms with Crippen molar-refractivity contribution in [3.63, 3.8) is 0 Å². The molecule has 0 aromatic rings. The number of unbranched alkanes of at least 4 members (excludes halogenated alkanes) is 11. The van der Waals surface area contributed by atoms with Crippen molar-refractivity contribution >= 4 is 11.9 Å². The molecule has 0 aromatic heterocycles. The first kappa shape index (κ1) is 22.7. The van der Waals surface area contributed by atoms with E-state index in [1.54, 1.807) is 0 Å². The highest BCUT2D eigenvalue weighted by Crippen LogP contribution is 2.35. The summed E-state index contributed by atoms with van der Waals surface area (Å²) >= 11 is 0. The Kier molecular flexibility index (Phi) is 12.1. The number of hydrogen-bond donors (Lipinski definition) is 2. The van der Waals surface area contributed by atoms with E-state index in [0.29, 0.717) is 19.3 Å². The second kappa shape index (κ2) is 13.8. The number of aliphatic carboxylic acids is 1. The monoisotopic (exact) mass is 365 g/mol. The molecule has 4 heteroatoms. The minimum absolute atomic E-state index is 0.104. The van der Waals surface area contributed by atoms with E-state index in [9.17, 15) is 9.59 Å². The summed E-state index contributed by atoms with van der Waals surface area (Å²) in [6, 6.07) is 0. The molecule has 0 aliphatic heterocycles. The maximum atomic E-state index is 11.8. The Morgan fingerprint density at radius 1 is 0.846 bits per heavy atom. The number of allylic oxidation sites excluding steroid dienone is 2. The van der Waals surface area contributed by atoms with Crippen molar-refractivity contribution < 1.29 is 14.7 Å². The fourth-order valence-electron chi connectivity index (χ4n) is 3.20. The zero-order valence-electron chi connectivity index (χ0n) is 16.7. The van der Waals surface area contributed by atoms with Crippen molar-refractivity contribution in [2.24, 2.45) is 0 Å². The Balaban J connectivity index is 1.81. The molecular weight excluding hydrogens is 326 g/mol. The second-order valence-electron chi connectivity index (χ2n) is 7.77. The Morgan fingerprint density at radius 2 is 1.35 bits per heavy atom. The topological polar surface area (TPSA) is 66.4 Å². The average molecular weight is 366 g/mol. The molecule has 0 atom stereocenters. The molecule has 1 fully saturated rings. The molecule has 150 valence electrons. The SMILES string of the molecule is CCCCC/C=C\CCCCCCCCCCC(=O)NC1(C(=O)O)CC1. The lowest BCUT2D eigenvalue weighted by Gasteiger charge is -2.12. The summed E-state index contributed by atoms with van der Waals surface area (Å²) in [5, 5.41) is 11.7. The lowest BCUT2D eigenvalue weighted by atomic mass is 10.1. The van der Waals surface area contributed by atoms with Crippen LogP contribution in [0.3, 0.4) is 0 Å². The standard InChI is InChI=1S/C22H39NO3/c1-2-3-4-5-6-7-8-9-10-11-12-13-14-15-16-17-20(24)23-22(18-19-22)21(25)26/h6-7H,2-5,8-19H2,1H3,(H,23,24)(H,25,26)/b7-6-. The van der Waals surface area contributed by atoms with Crippen LogP contribution < -0.4 is 5.32 Å². The normalized spacial score (nSPS) is 15.3. The molecule has 1 saturated carbocycles. The van der Waals surface area contributed by atoms with E-state index >= 15 is 0 Å². The predicted molar refractivity (Wildman–Crippen MR) is 107 cm³/mol. The van der Waals surface area contributed by atoms with E-state index in [-0.39, 0.29) is 5.91 Å². The molecule has 1 rings (SSSR count). The third-order valence-corrected chi connectivity index (χ3v) is 5.20. The second-order valence-corrected chi connectivity index (χ2v) is 7.77. The molecule has 1 aliphatic rings. The third-order valence-electron chi connectivity index (χ3n) is 5.20.